The van der Waals surface area contributed by atoms with Crippen molar-refractivity contribution in [1.29, 1.82) is 0 Å². The van der Waals surface area contributed by atoms with Gasteiger partial charge >= 0.3 is 18.0 Å². The number of halogens is 3. The summed E-state index contributed by atoms with van der Waals surface area (Å²) in [4.78, 5) is 33.0. The lowest BCUT2D eigenvalue weighted by Crippen LogP contribution is -2.90. The van der Waals surface area contributed by atoms with Gasteiger partial charge in [0.15, 0.2) is 12.0 Å². The largest absolute Gasteiger partial charge is 0.492 e. The third kappa shape index (κ3) is 4.00. The van der Waals surface area contributed by atoms with Gasteiger partial charge in [0, 0.05) is 12.1 Å². The molecule has 4 aliphatic heterocycles. The number of hydrogen-bond acceptors (Lipinski definition) is 10. The Bertz CT molecular complexity index is 1280. The first kappa shape index (κ1) is 26.8. The number of rotatable bonds is 4. The number of nitrogens with one attached hydrogen (secondary N) is 4. The van der Waals surface area contributed by atoms with Crippen LogP contribution in [0.5, 0.6) is 5.75 Å². The Kier molecular flexibility index (Phi) is 5.92. The lowest BCUT2D eigenvalue weighted by atomic mass is 9.79. The van der Waals surface area contributed by atoms with E-state index in [1.807, 2.05) is 19.9 Å². The summed E-state index contributed by atoms with van der Waals surface area (Å²) in [5.41, 5.74) is 10.9. The summed E-state index contributed by atoms with van der Waals surface area (Å²) in [7, 11) is 0. The fourth-order valence-corrected chi connectivity index (χ4v) is 5.82. The van der Waals surface area contributed by atoms with Crippen LogP contribution in [0.25, 0.3) is 0 Å². The number of nitrogens with two attached hydrogens (primary N) is 2. The van der Waals surface area contributed by atoms with Gasteiger partial charge in [-0.2, -0.15) is 13.2 Å². The van der Waals surface area contributed by atoms with Gasteiger partial charge in [0.2, 0.25) is 5.79 Å². The van der Waals surface area contributed by atoms with Crippen molar-refractivity contribution in [2.75, 3.05) is 19.7 Å². The Morgan fingerprint density at radius 1 is 1.31 bits per heavy atom. The molecule has 10 N–H and O–H groups in total. The van der Waals surface area contributed by atoms with E-state index >= 15 is 0 Å². The van der Waals surface area contributed by atoms with Crippen molar-refractivity contribution in [2.45, 2.75) is 61.4 Å². The van der Waals surface area contributed by atoms with Crippen LogP contribution < -0.4 is 37.1 Å². The first-order valence-electron chi connectivity index (χ1n) is 12.2. The number of amides is 2. The molecule has 212 valence electrons. The predicted octanol–water partition coefficient (Wildman–Crippen LogP) is -3.72. The minimum atomic E-state index is -5.13. The third-order valence-electron chi connectivity index (χ3n) is 7.88. The van der Waals surface area contributed by atoms with Crippen molar-refractivity contribution in [1.82, 2.24) is 20.9 Å². The van der Waals surface area contributed by atoms with Gasteiger partial charge in [0.05, 0.1) is 18.7 Å². The molecule has 0 radical (unpaired) electrons. The molecule has 39 heavy (non-hydrogen) atoms. The quantitative estimate of drug-likeness (QED) is 0.172. The average Bonchev–Trinajstić information content (AvgIpc) is 3.31. The number of guanidine groups is 2. The summed E-state index contributed by atoms with van der Waals surface area (Å²) >= 11 is 0. The number of aliphatic imine (C=N–C) groups is 1. The van der Waals surface area contributed by atoms with Gasteiger partial charge in [0.25, 0.3) is 11.6 Å². The second-order valence-corrected chi connectivity index (χ2v) is 10.7. The fourth-order valence-electron chi connectivity index (χ4n) is 5.82. The maximum Gasteiger partial charge on any atom is 0.471 e. The van der Waals surface area contributed by atoms with Crippen molar-refractivity contribution in [3.05, 3.63) is 29.3 Å². The second kappa shape index (κ2) is 8.61. The zero-order valence-corrected chi connectivity index (χ0v) is 21.1. The standard InChI is InChI=1S/C23H29F3N8O5/c1-20(2)6-7-39-14-10(4-3-5-11(14)20)16(35)31-13-9-34-19(28)30-12(8-29-17(36)23(24,25)26)15-21(34,22(13,37)38)33-18(27)32-15/h3-5,12-13,15,37-38H,6-9H2,1-2H3,(H2,28,30)(H,29,36)(H,31,35)(H3,27,32,33)/p+1/t12-,13?,15-,21?/m0/s1. The number of benzene rings is 1. The van der Waals surface area contributed by atoms with Crippen molar-refractivity contribution in [2.24, 2.45) is 16.5 Å². The fraction of sp³-hybridized carbons (Fsp3) is 0.565. The van der Waals surface area contributed by atoms with E-state index in [1.54, 1.807) is 17.4 Å². The molecule has 4 aliphatic rings. The molecule has 2 unspecified atom stereocenters. The number of carbonyl (C=O) groups is 2. The van der Waals surface area contributed by atoms with E-state index in [9.17, 15) is 33.0 Å². The lowest BCUT2D eigenvalue weighted by molar-refractivity contribution is -0.521. The van der Waals surface area contributed by atoms with Crippen LogP contribution in [0.1, 0.15) is 36.2 Å². The number of carbonyl (C=O) groups excluding carboxylic acids is 2. The van der Waals surface area contributed by atoms with E-state index in [4.69, 9.17) is 16.2 Å². The topological polar surface area (TPSA) is 202 Å². The Balaban J connectivity index is 1.43. The summed E-state index contributed by atoms with van der Waals surface area (Å²) in [6, 6.07) is 1.43. The molecule has 0 saturated carbocycles. The summed E-state index contributed by atoms with van der Waals surface area (Å²) in [6.45, 7) is 3.59. The summed E-state index contributed by atoms with van der Waals surface area (Å²) < 4.78 is 44.0. The highest BCUT2D eigenvalue weighted by atomic mass is 19.4. The molecule has 13 nitrogen and oxygen atoms in total. The monoisotopic (exact) mass is 555 g/mol. The molecule has 1 saturated heterocycles. The number of aliphatic hydroxyl groups is 2. The van der Waals surface area contributed by atoms with E-state index in [1.165, 1.54) is 4.90 Å². The van der Waals surface area contributed by atoms with Gasteiger partial charge in [-0.25, -0.2) is 10.3 Å². The van der Waals surface area contributed by atoms with Crippen molar-refractivity contribution < 1.29 is 42.7 Å². The zero-order valence-electron chi connectivity index (χ0n) is 21.1. The SMILES string of the molecule is CC1(C)CCOc2c(C(=O)NC3CN4C(N)=N[C@@H](CNC(=O)C(F)(F)F)[C@@H]5[NH+]=C(N)NC54C3(O)O)cccc21. The Hall–Kier alpha value is -3.79. The average molecular weight is 556 g/mol. The van der Waals surface area contributed by atoms with Crippen LogP contribution in [0.4, 0.5) is 13.2 Å². The molecular formula is C23H30F3N8O5+. The highest BCUT2D eigenvalue weighted by molar-refractivity contribution is 5.98. The zero-order chi connectivity index (χ0) is 28.5. The van der Waals surface area contributed by atoms with Gasteiger partial charge in [-0.3, -0.25) is 25.2 Å². The van der Waals surface area contributed by atoms with Crippen LogP contribution in [-0.4, -0.2) is 94.3 Å². The molecule has 1 spiro atoms. The van der Waals surface area contributed by atoms with Crippen LogP contribution in [0, 0.1) is 0 Å². The van der Waals surface area contributed by atoms with Gasteiger partial charge in [-0.15, -0.1) is 0 Å². The molecule has 1 aromatic rings. The molecular weight excluding hydrogens is 525 g/mol. The summed E-state index contributed by atoms with van der Waals surface area (Å²) in [5.74, 6) is -5.59. The van der Waals surface area contributed by atoms with Gasteiger partial charge in [-0.1, -0.05) is 26.0 Å². The molecule has 0 bridgehead atoms. The summed E-state index contributed by atoms with van der Waals surface area (Å²) in [6.07, 6.45) is -4.38. The predicted molar refractivity (Wildman–Crippen MR) is 129 cm³/mol. The maximum absolute atomic E-state index is 13.4. The van der Waals surface area contributed by atoms with E-state index < -0.39 is 54.1 Å². The van der Waals surface area contributed by atoms with Crippen molar-refractivity contribution in [3.63, 3.8) is 0 Å². The van der Waals surface area contributed by atoms with Crippen LogP contribution in [-0.2, 0) is 10.2 Å². The number of para-hydroxylation sites is 1. The van der Waals surface area contributed by atoms with Gasteiger partial charge in [0.1, 0.15) is 17.8 Å². The van der Waals surface area contributed by atoms with E-state index in [2.05, 4.69) is 20.6 Å². The first-order valence-corrected chi connectivity index (χ1v) is 12.2. The number of fused-ring (bicyclic) bond motifs is 1. The Morgan fingerprint density at radius 2 is 2.03 bits per heavy atom. The number of alkyl halides is 3. The van der Waals surface area contributed by atoms with Crippen LogP contribution in [0.3, 0.4) is 0 Å². The lowest BCUT2D eigenvalue weighted by Gasteiger charge is -2.46. The molecule has 2 amide bonds. The minimum Gasteiger partial charge on any atom is -0.492 e. The smallest absolute Gasteiger partial charge is 0.471 e. The van der Waals surface area contributed by atoms with Gasteiger partial charge < -0.3 is 31.3 Å². The maximum atomic E-state index is 13.4. The van der Waals surface area contributed by atoms with Gasteiger partial charge in [-0.05, 0) is 17.9 Å². The Morgan fingerprint density at radius 3 is 2.72 bits per heavy atom. The molecule has 1 aromatic carbocycles. The second-order valence-electron chi connectivity index (χ2n) is 10.7. The van der Waals surface area contributed by atoms with E-state index in [0.717, 1.165) is 12.0 Å². The number of hydrogen-bond donors (Lipinski definition) is 8. The number of nitrogens with zero attached hydrogens (tertiary/aromatic N) is 2. The third-order valence-corrected chi connectivity index (χ3v) is 7.88. The van der Waals surface area contributed by atoms with Crippen molar-refractivity contribution >= 4 is 23.7 Å². The first-order chi connectivity index (χ1) is 18.1. The molecule has 1 fully saturated rings. The van der Waals surface area contributed by atoms with E-state index in [0.29, 0.717) is 12.4 Å². The van der Waals surface area contributed by atoms with Crippen LogP contribution in [0.15, 0.2) is 23.2 Å². The summed E-state index contributed by atoms with van der Waals surface area (Å²) in [5, 5.41) is 30.1. The highest BCUT2D eigenvalue weighted by Gasteiger charge is 2.76. The highest BCUT2D eigenvalue weighted by Crippen LogP contribution is 2.43. The molecule has 4 atom stereocenters. The molecule has 0 aliphatic carbocycles. The number of ether oxygens (including phenoxy) is 1. The normalized spacial score (nSPS) is 30.0. The van der Waals surface area contributed by atoms with E-state index in [-0.39, 0.29) is 29.4 Å². The molecule has 4 heterocycles. The minimum absolute atomic E-state index is 0.130. The molecule has 0 aromatic heterocycles. The van der Waals surface area contributed by atoms with Crippen molar-refractivity contribution in [3.8, 4) is 5.75 Å². The molecule has 5 rings (SSSR count). The van der Waals surface area contributed by atoms with Crippen LogP contribution in [0.2, 0.25) is 0 Å². The van der Waals surface area contributed by atoms with Crippen LogP contribution >= 0.6 is 0 Å². The molecule has 16 heteroatoms. The Labute approximate surface area is 220 Å².